The number of para-hydroxylation sites is 1. The minimum absolute atomic E-state index is 0.378. The molecule has 1 fully saturated rings. The van der Waals surface area contributed by atoms with E-state index >= 15 is 0 Å². The summed E-state index contributed by atoms with van der Waals surface area (Å²) in [6, 6.07) is 6.21. The topological polar surface area (TPSA) is 35.2 Å². The first-order valence-electron chi connectivity index (χ1n) is 6.95. The van der Waals surface area contributed by atoms with E-state index in [0.29, 0.717) is 12.6 Å². The first-order chi connectivity index (χ1) is 8.81. The Morgan fingerprint density at radius 1 is 1.17 bits per heavy atom. The highest BCUT2D eigenvalue weighted by molar-refractivity contribution is 9.10. The van der Waals surface area contributed by atoms with Crippen LogP contribution in [-0.4, -0.2) is 12.6 Å². The van der Waals surface area contributed by atoms with Gasteiger partial charge in [0, 0.05) is 0 Å². The van der Waals surface area contributed by atoms with Gasteiger partial charge in [0.05, 0.1) is 10.6 Å². The molecule has 1 aromatic carbocycles. The number of hydrogen-bond acceptors (Lipinski definition) is 2. The highest BCUT2D eigenvalue weighted by Gasteiger charge is 2.16. The molecule has 0 unspecified atom stereocenters. The lowest BCUT2D eigenvalue weighted by molar-refractivity contribution is 0.181. The molecule has 0 bridgehead atoms. The molecule has 1 saturated carbocycles. The Morgan fingerprint density at radius 3 is 2.56 bits per heavy atom. The van der Waals surface area contributed by atoms with Crippen LogP contribution >= 0.6 is 15.9 Å². The first kappa shape index (κ1) is 13.9. The minimum Gasteiger partial charge on any atom is -0.489 e. The van der Waals surface area contributed by atoms with Crippen LogP contribution in [0.15, 0.2) is 22.7 Å². The zero-order valence-electron chi connectivity index (χ0n) is 10.8. The fourth-order valence-electron chi connectivity index (χ4n) is 2.56. The summed E-state index contributed by atoms with van der Waals surface area (Å²) in [5, 5.41) is 0. The van der Waals surface area contributed by atoms with Gasteiger partial charge in [-0.2, -0.15) is 0 Å². The van der Waals surface area contributed by atoms with Gasteiger partial charge in [0.25, 0.3) is 0 Å². The standard InChI is InChI=1S/C15H22BrNO/c16-14-9-5-6-12(10-11-17)15(14)18-13-7-3-1-2-4-8-13/h5-6,9,13H,1-4,7-8,10-11,17H2. The van der Waals surface area contributed by atoms with Crippen LogP contribution in [0.3, 0.4) is 0 Å². The molecule has 18 heavy (non-hydrogen) atoms. The molecular weight excluding hydrogens is 290 g/mol. The van der Waals surface area contributed by atoms with Gasteiger partial charge >= 0.3 is 0 Å². The van der Waals surface area contributed by atoms with Crippen LogP contribution < -0.4 is 10.5 Å². The molecule has 0 saturated heterocycles. The van der Waals surface area contributed by atoms with Crippen LogP contribution in [0.25, 0.3) is 0 Å². The van der Waals surface area contributed by atoms with Gasteiger partial charge in [-0.3, -0.25) is 0 Å². The Kier molecular flexibility index (Phi) is 5.51. The normalized spacial score (nSPS) is 17.4. The largest absolute Gasteiger partial charge is 0.489 e. The summed E-state index contributed by atoms with van der Waals surface area (Å²) in [5.41, 5.74) is 6.89. The predicted octanol–water partition coefficient (Wildman–Crippen LogP) is 4.05. The third-order valence-electron chi connectivity index (χ3n) is 3.55. The van der Waals surface area contributed by atoms with Gasteiger partial charge in [-0.15, -0.1) is 0 Å². The Bertz CT molecular complexity index is 373. The number of hydrogen-bond donors (Lipinski definition) is 1. The van der Waals surface area contributed by atoms with E-state index in [0.717, 1.165) is 16.6 Å². The van der Waals surface area contributed by atoms with E-state index < -0.39 is 0 Å². The Morgan fingerprint density at radius 2 is 1.89 bits per heavy atom. The minimum atomic E-state index is 0.378. The lowest BCUT2D eigenvalue weighted by Gasteiger charge is -2.20. The Balaban J connectivity index is 2.10. The maximum absolute atomic E-state index is 6.25. The predicted molar refractivity (Wildman–Crippen MR) is 79.0 cm³/mol. The molecule has 100 valence electrons. The first-order valence-corrected chi connectivity index (χ1v) is 7.74. The van der Waals surface area contributed by atoms with Crippen molar-refractivity contribution in [1.82, 2.24) is 0 Å². The number of rotatable bonds is 4. The number of benzene rings is 1. The molecule has 0 heterocycles. The maximum Gasteiger partial charge on any atom is 0.137 e. The van der Waals surface area contributed by atoms with Crippen molar-refractivity contribution < 1.29 is 4.74 Å². The van der Waals surface area contributed by atoms with E-state index in [4.69, 9.17) is 10.5 Å². The van der Waals surface area contributed by atoms with E-state index in [1.165, 1.54) is 44.1 Å². The van der Waals surface area contributed by atoms with Crippen LogP contribution in [0.5, 0.6) is 5.75 Å². The second kappa shape index (κ2) is 7.15. The molecule has 3 heteroatoms. The van der Waals surface area contributed by atoms with Crippen LogP contribution in [-0.2, 0) is 6.42 Å². The molecule has 0 atom stereocenters. The summed E-state index contributed by atoms with van der Waals surface area (Å²) in [6.45, 7) is 0.664. The summed E-state index contributed by atoms with van der Waals surface area (Å²) in [5.74, 6) is 1.01. The van der Waals surface area contributed by atoms with Gasteiger partial charge < -0.3 is 10.5 Å². The summed E-state index contributed by atoms with van der Waals surface area (Å²) in [7, 11) is 0. The molecule has 2 N–H and O–H groups in total. The average molecular weight is 312 g/mol. The van der Waals surface area contributed by atoms with Crippen LogP contribution in [0.1, 0.15) is 44.1 Å². The van der Waals surface area contributed by atoms with Crippen molar-refractivity contribution in [3.8, 4) is 5.75 Å². The Labute approximate surface area is 118 Å². The third kappa shape index (κ3) is 3.72. The number of halogens is 1. The molecule has 2 nitrogen and oxygen atoms in total. The molecule has 1 aromatic rings. The van der Waals surface area contributed by atoms with Crippen molar-refractivity contribution in [2.45, 2.75) is 51.0 Å². The summed E-state index contributed by atoms with van der Waals surface area (Å²) in [4.78, 5) is 0. The molecule has 0 spiro atoms. The molecule has 2 rings (SSSR count). The zero-order valence-corrected chi connectivity index (χ0v) is 12.4. The van der Waals surface area contributed by atoms with Gasteiger partial charge in [0.15, 0.2) is 0 Å². The summed E-state index contributed by atoms with van der Waals surface area (Å²) < 4.78 is 7.30. The molecule has 0 radical (unpaired) electrons. The third-order valence-corrected chi connectivity index (χ3v) is 4.17. The zero-order chi connectivity index (χ0) is 12.8. The van der Waals surface area contributed by atoms with E-state index in [9.17, 15) is 0 Å². The van der Waals surface area contributed by atoms with Crippen LogP contribution in [0.2, 0.25) is 0 Å². The van der Waals surface area contributed by atoms with Crippen molar-refractivity contribution in [1.29, 1.82) is 0 Å². The SMILES string of the molecule is NCCc1cccc(Br)c1OC1CCCCCC1. The lowest BCUT2D eigenvalue weighted by atomic mass is 10.1. The average Bonchev–Trinajstić information content (AvgIpc) is 2.62. The van der Waals surface area contributed by atoms with Gasteiger partial charge in [-0.05, 0) is 66.2 Å². The fraction of sp³-hybridized carbons (Fsp3) is 0.600. The van der Waals surface area contributed by atoms with Crippen molar-refractivity contribution in [2.24, 2.45) is 5.73 Å². The fourth-order valence-corrected chi connectivity index (χ4v) is 3.06. The summed E-state index contributed by atoms with van der Waals surface area (Å²) >= 11 is 3.60. The lowest BCUT2D eigenvalue weighted by Crippen LogP contribution is -2.17. The van der Waals surface area contributed by atoms with E-state index in [1.807, 2.05) is 6.07 Å². The van der Waals surface area contributed by atoms with E-state index in [1.54, 1.807) is 0 Å². The highest BCUT2D eigenvalue weighted by Crippen LogP contribution is 2.32. The smallest absolute Gasteiger partial charge is 0.137 e. The second-order valence-corrected chi connectivity index (χ2v) is 5.85. The van der Waals surface area contributed by atoms with Crippen molar-refractivity contribution >= 4 is 15.9 Å². The molecule has 1 aliphatic rings. The molecule has 0 aliphatic heterocycles. The van der Waals surface area contributed by atoms with E-state index in [-0.39, 0.29) is 0 Å². The highest BCUT2D eigenvalue weighted by atomic mass is 79.9. The second-order valence-electron chi connectivity index (χ2n) is 5.00. The number of ether oxygens (including phenoxy) is 1. The molecular formula is C15H22BrNO. The summed E-state index contributed by atoms with van der Waals surface area (Å²) in [6.07, 6.45) is 8.91. The van der Waals surface area contributed by atoms with Crippen LogP contribution in [0, 0.1) is 0 Å². The maximum atomic E-state index is 6.25. The molecule has 1 aliphatic carbocycles. The molecule has 0 aromatic heterocycles. The van der Waals surface area contributed by atoms with Crippen LogP contribution in [0.4, 0.5) is 0 Å². The van der Waals surface area contributed by atoms with Gasteiger partial charge in [-0.1, -0.05) is 25.0 Å². The van der Waals surface area contributed by atoms with Crippen molar-refractivity contribution in [3.63, 3.8) is 0 Å². The quantitative estimate of drug-likeness (QED) is 0.851. The molecule has 0 amide bonds. The van der Waals surface area contributed by atoms with Crippen molar-refractivity contribution in [3.05, 3.63) is 28.2 Å². The van der Waals surface area contributed by atoms with Crippen molar-refractivity contribution in [2.75, 3.05) is 6.54 Å². The monoisotopic (exact) mass is 311 g/mol. The van der Waals surface area contributed by atoms with E-state index in [2.05, 4.69) is 28.1 Å². The Hall–Kier alpha value is -0.540. The van der Waals surface area contributed by atoms with Gasteiger partial charge in [0.2, 0.25) is 0 Å². The van der Waals surface area contributed by atoms with Gasteiger partial charge in [0.1, 0.15) is 5.75 Å². The van der Waals surface area contributed by atoms with Gasteiger partial charge in [-0.25, -0.2) is 0 Å². The number of nitrogens with two attached hydrogens (primary N) is 1.